The number of carboxylic acid groups (broad SMARTS) is 1. The number of carbonyl (C=O) groups is 2. The van der Waals surface area contributed by atoms with Crippen molar-refractivity contribution in [2.24, 2.45) is 0 Å². The number of aliphatic carboxylic acids is 1. The third-order valence-corrected chi connectivity index (χ3v) is 8.30. The van der Waals surface area contributed by atoms with Gasteiger partial charge in [-0.15, -0.1) is 0 Å². The normalized spacial score (nSPS) is 11.4. The smallest absolute Gasteiger partial charge is 0.326 e. The fourth-order valence-corrected chi connectivity index (χ4v) is 5.62. The van der Waals surface area contributed by atoms with Gasteiger partial charge < -0.3 is 19.9 Å². The molecule has 0 bridgehead atoms. The van der Waals surface area contributed by atoms with Crippen LogP contribution in [0.25, 0.3) is 11.1 Å². The van der Waals surface area contributed by atoms with Gasteiger partial charge in [0.2, 0.25) is 0 Å². The van der Waals surface area contributed by atoms with Crippen molar-refractivity contribution in [1.29, 1.82) is 0 Å². The maximum absolute atomic E-state index is 13.3. The number of para-hydroxylation sites is 1. The Labute approximate surface area is 284 Å². The van der Waals surface area contributed by atoms with Gasteiger partial charge in [0.15, 0.2) is 0 Å². The molecule has 0 radical (unpaired) electrons. The number of hydrogen-bond donors (Lipinski definition) is 2. The molecule has 0 saturated heterocycles. The van der Waals surface area contributed by atoms with Gasteiger partial charge in [0, 0.05) is 10.9 Å². The molecule has 5 aromatic rings. The zero-order chi connectivity index (χ0) is 32.8. The first-order valence-electron chi connectivity index (χ1n) is 15.9. The second-order valence-corrected chi connectivity index (χ2v) is 12.3. The maximum Gasteiger partial charge on any atom is 0.326 e. The lowest BCUT2D eigenvalue weighted by atomic mass is 10.0. The summed E-state index contributed by atoms with van der Waals surface area (Å²) in [6.07, 6.45) is 5.31. The summed E-state index contributed by atoms with van der Waals surface area (Å²) in [6.45, 7) is 0.477. The minimum Gasteiger partial charge on any atom is -0.493 e. The molecule has 1 amide bonds. The third-order valence-electron chi connectivity index (χ3n) is 7.81. The second-order valence-electron chi connectivity index (χ2n) is 11.3. The number of benzene rings is 5. The van der Waals surface area contributed by atoms with Crippen LogP contribution in [0, 0.1) is 0 Å². The monoisotopic (exact) mass is 691 g/mol. The van der Waals surface area contributed by atoms with Gasteiger partial charge in [-0.25, -0.2) is 4.79 Å². The summed E-state index contributed by atoms with van der Waals surface area (Å²) in [4.78, 5) is 25.5. The first-order chi connectivity index (χ1) is 22.9. The summed E-state index contributed by atoms with van der Waals surface area (Å²) < 4.78 is 12.6. The van der Waals surface area contributed by atoms with Crippen LogP contribution < -0.4 is 14.8 Å². The number of carbonyl (C=O) groups excluding carboxylic acids is 1. The van der Waals surface area contributed by atoms with Crippen LogP contribution in [0.3, 0.4) is 0 Å². The molecule has 0 fully saturated rings. The van der Waals surface area contributed by atoms with Crippen molar-refractivity contribution in [3.05, 3.63) is 149 Å². The Hall–Kier alpha value is -4.88. The van der Waals surface area contributed by atoms with Crippen LogP contribution in [0.1, 0.15) is 47.2 Å². The molecule has 5 rings (SSSR count). The fraction of sp³-hybridized carbons (Fsp3) is 0.200. The van der Waals surface area contributed by atoms with E-state index in [0.29, 0.717) is 22.4 Å². The van der Waals surface area contributed by atoms with Gasteiger partial charge in [-0.3, -0.25) is 4.79 Å². The van der Waals surface area contributed by atoms with Crippen LogP contribution in [-0.4, -0.2) is 29.6 Å². The number of halogens is 1. The van der Waals surface area contributed by atoms with Gasteiger partial charge in [0.05, 0.1) is 12.2 Å². The summed E-state index contributed by atoms with van der Waals surface area (Å²) in [5, 5.41) is 12.7. The lowest BCUT2D eigenvalue weighted by Crippen LogP contribution is -2.42. The van der Waals surface area contributed by atoms with Crippen LogP contribution in [0.5, 0.6) is 17.2 Å². The largest absolute Gasteiger partial charge is 0.493 e. The Bertz CT molecular complexity index is 1730. The molecule has 1 atom stereocenters. The Balaban J connectivity index is 1.13. The molecule has 7 heteroatoms. The molecule has 6 nitrogen and oxygen atoms in total. The van der Waals surface area contributed by atoms with E-state index < -0.39 is 17.9 Å². The van der Waals surface area contributed by atoms with Crippen LogP contribution in [0.15, 0.2) is 132 Å². The molecule has 47 heavy (non-hydrogen) atoms. The number of rotatable bonds is 16. The summed E-state index contributed by atoms with van der Waals surface area (Å²) in [5.74, 6) is 0.346. The Kier molecular flexibility index (Phi) is 12.2. The van der Waals surface area contributed by atoms with E-state index in [2.05, 4.69) is 45.5 Å². The van der Waals surface area contributed by atoms with E-state index in [1.807, 2.05) is 91.0 Å². The number of amides is 1. The highest BCUT2D eigenvalue weighted by Crippen LogP contribution is 2.27. The zero-order valence-electron chi connectivity index (χ0n) is 26.1. The lowest BCUT2D eigenvalue weighted by Gasteiger charge is -2.17. The summed E-state index contributed by atoms with van der Waals surface area (Å²) in [6, 6.07) is 39.6. The molecule has 0 aliphatic carbocycles. The van der Waals surface area contributed by atoms with Crippen LogP contribution in [0.2, 0.25) is 0 Å². The van der Waals surface area contributed by atoms with E-state index in [1.54, 1.807) is 12.1 Å². The predicted octanol–water partition coefficient (Wildman–Crippen LogP) is 9.52. The maximum atomic E-state index is 13.3. The number of carboxylic acids is 1. The van der Waals surface area contributed by atoms with Crippen LogP contribution in [0.4, 0.5) is 0 Å². The number of ether oxygens (including phenoxy) is 2. The average Bonchev–Trinajstić information content (AvgIpc) is 3.09. The zero-order valence-corrected chi connectivity index (χ0v) is 27.7. The van der Waals surface area contributed by atoms with Crippen molar-refractivity contribution in [2.45, 2.75) is 44.6 Å². The van der Waals surface area contributed by atoms with Gasteiger partial charge in [-0.1, -0.05) is 114 Å². The van der Waals surface area contributed by atoms with E-state index in [1.165, 1.54) is 5.56 Å². The van der Waals surface area contributed by atoms with Crippen molar-refractivity contribution in [3.63, 3.8) is 0 Å². The minimum absolute atomic E-state index is 0.137. The van der Waals surface area contributed by atoms with Crippen LogP contribution >= 0.6 is 15.9 Å². The molecular weight excluding hydrogens is 654 g/mol. The Morgan fingerprint density at radius 2 is 1.30 bits per heavy atom. The van der Waals surface area contributed by atoms with Gasteiger partial charge in [-0.05, 0) is 84.0 Å². The van der Waals surface area contributed by atoms with Crippen molar-refractivity contribution >= 4 is 27.8 Å². The number of unbranched alkanes of at least 4 members (excludes halogenated alkanes) is 3. The van der Waals surface area contributed by atoms with Crippen molar-refractivity contribution in [2.75, 3.05) is 6.61 Å². The number of aryl methyl sites for hydroxylation is 1. The lowest BCUT2D eigenvalue weighted by molar-refractivity contribution is -0.139. The quantitative estimate of drug-likeness (QED) is 0.101. The Morgan fingerprint density at radius 1 is 0.681 bits per heavy atom. The van der Waals surface area contributed by atoms with Gasteiger partial charge >= 0.3 is 5.97 Å². The molecule has 5 aromatic carbocycles. The van der Waals surface area contributed by atoms with Crippen molar-refractivity contribution in [3.8, 4) is 28.4 Å². The Morgan fingerprint density at radius 3 is 1.98 bits per heavy atom. The molecule has 2 N–H and O–H groups in total. The van der Waals surface area contributed by atoms with Crippen molar-refractivity contribution < 1.29 is 24.2 Å². The minimum atomic E-state index is -1.11. The highest BCUT2D eigenvalue weighted by Gasteiger charge is 2.23. The van der Waals surface area contributed by atoms with Gasteiger partial charge in [0.25, 0.3) is 5.91 Å². The summed E-state index contributed by atoms with van der Waals surface area (Å²) >= 11 is 3.43. The van der Waals surface area contributed by atoms with E-state index in [-0.39, 0.29) is 6.42 Å². The number of hydrogen-bond acceptors (Lipinski definition) is 4. The standard InChI is InChI=1S/C40H38BrNO5/c41-33-22-25-38(46-26-10-2-1-5-11-29-12-6-3-7-13-29)36(28-33)39(43)42-37(40(44)45)27-30-16-18-31(19-17-30)32-20-23-35(24-21-32)47-34-14-8-4-9-15-34/h3-4,6-9,12-25,28,37H,1-2,5,10-11,26-27H2,(H,42,43)(H,44,45)/t37-/m0/s1. The molecule has 0 saturated carbocycles. The second kappa shape index (κ2) is 17.2. The first kappa shape index (κ1) is 33.5. The highest BCUT2D eigenvalue weighted by atomic mass is 79.9. The highest BCUT2D eigenvalue weighted by molar-refractivity contribution is 9.10. The summed E-state index contributed by atoms with van der Waals surface area (Å²) in [7, 11) is 0. The topological polar surface area (TPSA) is 84.9 Å². The van der Waals surface area contributed by atoms with Crippen LogP contribution in [-0.2, 0) is 17.6 Å². The predicted molar refractivity (Wildman–Crippen MR) is 189 cm³/mol. The first-order valence-corrected chi connectivity index (χ1v) is 16.7. The number of nitrogens with one attached hydrogen (secondary N) is 1. The molecule has 0 unspecified atom stereocenters. The SMILES string of the molecule is O=C(N[C@@H](Cc1ccc(-c2ccc(Oc3ccccc3)cc2)cc1)C(=O)O)c1cc(Br)ccc1OCCCCCCc1ccccc1. The molecule has 0 aliphatic rings. The van der Waals surface area contributed by atoms with Gasteiger partial charge in [-0.2, -0.15) is 0 Å². The molecule has 0 spiro atoms. The molecule has 240 valence electrons. The van der Waals surface area contributed by atoms with E-state index in [9.17, 15) is 14.7 Å². The average molecular weight is 693 g/mol. The van der Waals surface area contributed by atoms with E-state index >= 15 is 0 Å². The van der Waals surface area contributed by atoms with Gasteiger partial charge in [0.1, 0.15) is 23.3 Å². The molecular formula is C40H38BrNO5. The molecule has 0 heterocycles. The molecule has 0 aromatic heterocycles. The van der Waals surface area contributed by atoms with E-state index in [4.69, 9.17) is 9.47 Å². The molecule has 0 aliphatic heterocycles. The van der Waals surface area contributed by atoms with Crippen molar-refractivity contribution in [1.82, 2.24) is 5.32 Å². The summed E-state index contributed by atoms with van der Waals surface area (Å²) in [5.41, 5.74) is 4.44. The van der Waals surface area contributed by atoms with E-state index in [0.717, 1.165) is 60.3 Å². The third kappa shape index (κ3) is 10.3. The fourth-order valence-electron chi connectivity index (χ4n) is 5.26.